The quantitative estimate of drug-likeness (QED) is 0.222. The fourth-order valence-electron chi connectivity index (χ4n) is 4.78. The van der Waals surface area contributed by atoms with Crippen LogP contribution in [0.2, 0.25) is 5.02 Å². The number of carbonyl (C=O) groups excluding carboxylic acids is 3. The second-order valence-electron chi connectivity index (χ2n) is 9.85. The number of rotatable bonds is 8. The Balaban J connectivity index is 1.71. The van der Waals surface area contributed by atoms with E-state index in [1.807, 2.05) is 6.07 Å². The number of pyridine rings is 1. The highest BCUT2D eigenvalue weighted by Crippen LogP contribution is 2.33. The number of benzene rings is 2. The highest BCUT2D eigenvalue weighted by molar-refractivity contribution is 6.32. The largest absolute Gasteiger partial charge is 0.453 e. The lowest BCUT2D eigenvalue weighted by Crippen LogP contribution is -2.25. The van der Waals surface area contributed by atoms with Gasteiger partial charge < -0.3 is 16.4 Å². The summed E-state index contributed by atoms with van der Waals surface area (Å²) in [5.74, 6) is -3.79. The standard InChI is InChI=1S/C29H21ClF3N11O3/c1-14-9-15(12-34)10-19(26(46)36-2)23(14)38-27(47)22-17(5-3-6-18(22)24(35)45)21-11-16(13-43-28(29(31,32)33)39-41-42-43)40-44(21)25-20(30)7-4-8-37-25/h3-11H,13H2,1-2H3,(H2,35,45)(H,36,46)(H,38,47). The summed E-state index contributed by atoms with van der Waals surface area (Å²) in [6, 6.07) is 13.3. The second-order valence-corrected chi connectivity index (χ2v) is 10.3. The number of carbonyl (C=O) groups is 3. The van der Waals surface area contributed by atoms with Crippen LogP contribution in [0.15, 0.2) is 54.7 Å². The van der Waals surface area contributed by atoms with Gasteiger partial charge in [0.05, 0.1) is 57.0 Å². The van der Waals surface area contributed by atoms with Crippen LogP contribution in [0.1, 0.15) is 53.7 Å². The fraction of sp³-hybridized carbons (Fsp3) is 0.138. The summed E-state index contributed by atoms with van der Waals surface area (Å²) >= 11 is 6.43. The van der Waals surface area contributed by atoms with Crippen molar-refractivity contribution in [2.45, 2.75) is 19.6 Å². The zero-order chi connectivity index (χ0) is 34.0. The molecule has 3 amide bonds. The van der Waals surface area contributed by atoms with Gasteiger partial charge in [0.15, 0.2) is 5.82 Å². The lowest BCUT2D eigenvalue weighted by Gasteiger charge is -2.17. The van der Waals surface area contributed by atoms with Crippen LogP contribution in [-0.2, 0) is 12.7 Å². The van der Waals surface area contributed by atoms with Crippen LogP contribution in [0.4, 0.5) is 18.9 Å². The number of alkyl halides is 3. The van der Waals surface area contributed by atoms with Crippen LogP contribution >= 0.6 is 11.6 Å². The van der Waals surface area contributed by atoms with E-state index in [0.29, 0.717) is 10.2 Å². The number of tetrazole rings is 1. The first-order valence-corrected chi connectivity index (χ1v) is 13.8. The van der Waals surface area contributed by atoms with E-state index >= 15 is 0 Å². The van der Waals surface area contributed by atoms with Crippen LogP contribution < -0.4 is 16.4 Å². The van der Waals surface area contributed by atoms with E-state index in [1.54, 1.807) is 13.0 Å². The molecule has 0 saturated carbocycles. The van der Waals surface area contributed by atoms with Crippen LogP contribution in [0, 0.1) is 18.3 Å². The third-order valence-electron chi connectivity index (χ3n) is 6.80. The molecular weight excluding hydrogens is 643 g/mol. The van der Waals surface area contributed by atoms with Gasteiger partial charge in [-0.25, -0.2) is 14.3 Å². The number of aromatic nitrogens is 7. The summed E-state index contributed by atoms with van der Waals surface area (Å²) in [7, 11) is 1.37. The van der Waals surface area contributed by atoms with Crippen molar-refractivity contribution < 1.29 is 27.6 Å². The number of amides is 3. The summed E-state index contributed by atoms with van der Waals surface area (Å²) < 4.78 is 42.2. The number of nitrogens with one attached hydrogen (secondary N) is 2. The number of primary amides is 1. The number of anilines is 1. The van der Waals surface area contributed by atoms with Gasteiger partial charge in [0.25, 0.3) is 17.6 Å². The van der Waals surface area contributed by atoms with Gasteiger partial charge in [-0.1, -0.05) is 23.7 Å². The molecular formula is C29H21ClF3N11O3. The van der Waals surface area contributed by atoms with E-state index in [-0.39, 0.29) is 55.7 Å². The zero-order valence-electron chi connectivity index (χ0n) is 24.3. The number of hydrogen-bond acceptors (Lipinski definition) is 9. The predicted octanol–water partition coefficient (Wildman–Crippen LogP) is 3.53. The average molecular weight is 664 g/mol. The molecule has 2 aromatic carbocycles. The molecule has 238 valence electrons. The summed E-state index contributed by atoms with van der Waals surface area (Å²) in [6.45, 7) is 1.02. The minimum absolute atomic E-state index is 0.000181. The van der Waals surface area contributed by atoms with Gasteiger partial charge in [-0.05, 0) is 59.3 Å². The molecule has 3 heterocycles. The lowest BCUT2D eigenvalue weighted by molar-refractivity contribution is -0.147. The van der Waals surface area contributed by atoms with Gasteiger partial charge >= 0.3 is 6.18 Å². The molecule has 0 saturated heterocycles. The minimum Gasteiger partial charge on any atom is -0.366 e. The molecule has 0 aliphatic rings. The maximum absolute atomic E-state index is 14.1. The van der Waals surface area contributed by atoms with E-state index in [1.165, 1.54) is 60.4 Å². The summed E-state index contributed by atoms with van der Waals surface area (Å²) in [5, 5.41) is 28.6. The van der Waals surface area contributed by atoms with Crippen molar-refractivity contribution in [2.75, 3.05) is 12.4 Å². The van der Waals surface area contributed by atoms with Gasteiger partial charge in [-0.15, -0.1) is 5.10 Å². The average Bonchev–Trinajstić information content (AvgIpc) is 3.68. The highest BCUT2D eigenvalue weighted by atomic mass is 35.5. The molecule has 3 aromatic heterocycles. The molecule has 4 N–H and O–H groups in total. The Hall–Kier alpha value is -6.15. The Morgan fingerprint density at radius 1 is 1.09 bits per heavy atom. The lowest BCUT2D eigenvalue weighted by atomic mass is 9.96. The first-order valence-electron chi connectivity index (χ1n) is 13.4. The Morgan fingerprint density at radius 2 is 1.85 bits per heavy atom. The number of halogens is 4. The van der Waals surface area contributed by atoms with Crippen molar-refractivity contribution in [1.82, 2.24) is 40.3 Å². The van der Waals surface area contributed by atoms with E-state index in [9.17, 15) is 32.8 Å². The van der Waals surface area contributed by atoms with Crippen molar-refractivity contribution in [1.29, 1.82) is 5.26 Å². The summed E-state index contributed by atoms with van der Waals surface area (Å²) in [5.41, 5.74) is 5.89. The topological polar surface area (TPSA) is 199 Å². The first kappa shape index (κ1) is 32.2. The minimum atomic E-state index is -4.86. The van der Waals surface area contributed by atoms with E-state index in [4.69, 9.17) is 17.3 Å². The van der Waals surface area contributed by atoms with E-state index < -0.39 is 36.3 Å². The Morgan fingerprint density at radius 3 is 2.51 bits per heavy atom. The maximum atomic E-state index is 14.1. The predicted molar refractivity (Wildman–Crippen MR) is 159 cm³/mol. The number of aryl methyl sites for hydroxylation is 1. The van der Waals surface area contributed by atoms with Crippen molar-refractivity contribution in [3.05, 3.63) is 99.1 Å². The third-order valence-corrected chi connectivity index (χ3v) is 7.10. The van der Waals surface area contributed by atoms with Crippen molar-refractivity contribution in [2.24, 2.45) is 5.73 Å². The van der Waals surface area contributed by atoms with Gasteiger partial charge in [0, 0.05) is 18.8 Å². The van der Waals surface area contributed by atoms with Gasteiger partial charge in [-0.3, -0.25) is 14.4 Å². The molecule has 14 nitrogen and oxygen atoms in total. The maximum Gasteiger partial charge on any atom is 0.453 e. The molecule has 0 aliphatic carbocycles. The van der Waals surface area contributed by atoms with Crippen molar-refractivity contribution >= 4 is 35.0 Å². The summed E-state index contributed by atoms with van der Waals surface area (Å²) in [4.78, 5) is 43.7. The molecule has 18 heteroatoms. The highest BCUT2D eigenvalue weighted by Gasteiger charge is 2.38. The van der Waals surface area contributed by atoms with Crippen LogP contribution in [0.3, 0.4) is 0 Å². The molecule has 0 radical (unpaired) electrons. The molecule has 0 fully saturated rings. The number of nitrogens with two attached hydrogens (primary N) is 1. The summed E-state index contributed by atoms with van der Waals surface area (Å²) in [6.07, 6.45) is -3.46. The van der Waals surface area contributed by atoms with Crippen molar-refractivity contribution in [3.63, 3.8) is 0 Å². The molecule has 47 heavy (non-hydrogen) atoms. The van der Waals surface area contributed by atoms with Crippen LogP contribution in [0.25, 0.3) is 17.1 Å². The molecule has 0 aliphatic heterocycles. The van der Waals surface area contributed by atoms with E-state index in [0.717, 1.165) is 0 Å². The van der Waals surface area contributed by atoms with Crippen molar-refractivity contribution in [3.8, 4) is 23.1 Å². The zero-order valence-corrected chi connectivity index (χ0v) is 25.1. The normalized spacial score (nSPS) is 11.2. The number of hydrogen-bond donors (Lipinski definition) is 3. The molecule has 0 atom stereocenters. The first-order chi connectivity index (χ1) is 22.3. The molecule has 0 spiro atoms. The SMILES string of the molecule is CNC(=O)c1cc(C#N)cc(C)c1NC(=O)c1c(C(N)=O)cccc1-c1cc(Cn2nnnc2C(F)(F)F)nn1-c1ncccc1Cl. The number of nitriles is 1. The third kappa shape index (κ3) is 6.35. The molecule has 5 rings (SSSR count). The Kier molecular flexibility index (Phi) is 8.71. The van der Waals surface area contributed by atoms with Gasteiger partial charge in [0.2, 0.25) is 5.91 Å². The van der Waals surface area contributed by atoms with Gasteiger partial charge in [-0.2, -0.15) is 23.5 Å². The van der Waals surface area contributed by atoms with Crippen LogP contribution in [0.5, 0.6) is 0 Å². The monoisotopic (exact) mass is 663 g/mol. The fourth-order valence-corrected chi connectivity index (χ4v) is 4.99. The molecule has 0 unspecified atom stereocenters. The molecule has 0 bridgehead atoms. The Bertz CT molecular complexity index is 2100. The smallest absolute Gasteiger partial charge is 0.366 e. The second kappa shape index (κ2) is 12.7. The van der Waals surface area contributed by atoms with Gasteiger partial charge in [0.1, 0.15) is 0 Å². The molecule has 5 aromatic rings. The Labute approximate surface area is 268 Å². The van der Waals surface area contributed by atoms with Crippen LogP contribution in [-0.4, -0.2) is 59.7 Å². The van der Waals surface area contributed by atoms with E-state index in [2.05, 4.69) is 36.2 Å². The number of nitrogens with zero attached hydrogens (tertiary/aromatic N) is 8.